The van der Waals surface area contributed by atoms with E-state index in [1.165, 1.54) is 0 Å². The third-order valence-electron chi connectivity index (χ3n) is 11.3. The third kappa shape index (κ3) is 9.10. The van der Waals surface area contributed by atoms with Crippen molar-refractivity contribution < 1.29 is 52.7 Å². The van der Waals surface area contributed by atoms with Gasteiger partial charge in [0.05, 0.1) is 22.3 Å². The Hall–Kier alpha value is -4.26. The largest absolute Gasteiger partial charge is 0.416 e. The maximum absolute atomic E-state index is 14.0. The van der Waals surface area contributed by atoms with E-state index in [9.17, 15) is 52.7 Å². The number of aryl methyl sites for hydroxylation is 2. The standard InChI is InChI=1S/C46H42F12Si/c1-5-9-27-19-37-35(13-11-25(7-3)41(37)29-15-31(43(47,48)49)21-32(16-29)44(50,51)52)39(27)23-59-24-40-28(10-6-2)20-38-36(40)14-12-26(8-4)42(38)30-17-33(45(53,54)55)22-34(18-30)46(56,57)58/h11-22,39-40H,5-10,23-24H2,1-4H3. The predicted octanol–water partition coefficient (Wildman–Crippen LogP) is 16.0. The first-order chi connectivity index (χ1) is 27.6. The number of hydrogen-bond donors (Lipinski definition) is 0. The first kappa shape index (κ1) is 44.3. The molecule has 2 aliphatic carbocycles. The number of hydrogen-bond acceptors (Lipinski definition) is 0. The topological polar surface area (TPSA) is 0 Å². The Morgan fingerprint density at radius 1 is 0.458 bits per heavy atom. The van der Waals surface area contributed by atoms with E-state index in [1.807, 2.05) is 38.1 Å². The SMILES string of the molecule is CCCC1=Cc2c(ccc(CC)c2-c2cc(C(F)(F)F)cc(C(F)(F)F)c2)C1C[Si]CC1C(CCC)=Cc2c1ccc(CC)c2-c1cc(C(F)(F)F)cc(C(F)(F)F)c1. The minimum absolute atomic E-state index is 0.133. The molecule has 0 aliphatic heterocycles. The van der Waals surface area contributed by atoms with Gasteiger partial charge in [0.1, 0.15) is 0 Å². The summed E-state index contributed by atoms with van der Waals surface area (Å²) in [4.78, 5) is 0. The molecule has 59 heavy (non-hydrogen) atoms. The smallest absolute Gasteiger partial charge is 0.166 e. The van der Waals surface area contributed by atoms with Crippen molar-refractivity contribution in [2.45, 2.75) is 115 Å². The molecule has 2 atom stereocenters. The van der Waals surface area contributed by atoms with E-state index in [-0.39, 0.29) is 35.1 Å². The number of alkyl halides is 12. The molecule has 314 valence electrons. The van der Waals surface area contributed by atoms with Gasteiger partial charge in [-0.25, -0.2) is 0 Å². The molecule has 6 rings (SSSR count). The van der Waals surface area contributed by atoms with Crippen molar-refractivity contribution in [2.24, 2.45) is 0 Å². The lowest BCUT2D eigenvalue weighted by Gasteiger charge is -2.22. The molecular weight excluding hydrogens is 809 g/mol. The summed E-state index contributed by atoms with van der Waals surface area (Å²) in [6.45, 7) is 7.58. The number of rotatable bonds is 12. The Labute approximate surface area is 338 Å². The van der Waals surface area contributed by atoms with E-state index >= 15 is 0 Å². The molecule has 0 saturated carbocycles. The molecule has 4 aromatic carbocycles. The van der Waals surface area contributed by atoms with Gasteiger partial charge in [-0.05, 0) is 118 Å². The van der Waals surface area contributed by atoms with Gasteiger partial charge >= 0.3 is 24.7 Å². The average Bonchev–Trinajstić information content (AvgIpc) is 3.69. The van der Waals surface area contributed by atoms with E-state index in [4.69, 9.17) is 0 Å². The van der Waals surface area contributed by atoms with Gasteiger partial charge in [0.25, 0.3) is 0 Å². The summed E-state index contributed by atoms with van der Waals surface area (Å²) >= 11 is 0. The molecule has 0 fully saturated rings. The molecule has 2 unspecified atom stereocenters. The van der Waals surface area contributed by atoms with Crippen LogP contribution in [0.1, 0.15) is 121 Å². The fraction of sp³-hybridized carbons (Fsp3) is 0.391. The van der Waals surface area contributed by atoms with Crippen LogP contribution in [0.3, 0.4) is 0 Å². The van der Waals surface area contributed by atoms with Crippen molar-refractivity contribution in [2.75, 3.05) is 0 Å². The fourth-order valence-corrected chi connectivity index (χ4v) is 10.4. The summed E-state index contributed by atoms with van der Waals surface area (Å²) in [6, 6.07) is 12.1. The Morgan fingerprint density at radius 3 is 1.05 bits per heavy atom. The Kier molecular flexibility index (Phi) is 12.5. The van der Waals surface area contributed by atoms with Crippen LogP contribution in [0.5, 0.6) is 0 Å². The maximum atomic E-state index is 14.0. The van der Waals surface area contributed by atoms with Gasteiger partial charge in [0.2, 0.25) is 0 Å². The predicted molar refractivity (Wildman–Crippen MR) is 209 cm³/mol. The number of fused-ring (bicyclic) bond motifs is 2. The molecule has 4 aromatic rings. The highest BCUT2D eigenvalue weighted by Gasteiger charge is 2.40. The lowest BCUT2D eigenvalue weighted by Crippen LogP contribution is -2.12. The Bertz CT molecular complexity index is 2040. The quantitative estimate of drug-likeness (QED) is 0.0984. The van der Waals surface area contributed by atoms with Crippen molar-refractivity contribution in [1.82, 2.24) is 0 Å². The van der Waals surface area contributed by atoms with Gasteiger partial charge in [-0.1, -0.05) is 100 Å². The second kappa shape index (κ2) is 16.7. The summed E-state index contributed by atoms with van der Waals surface area (Å²) < 4.78 is 168. The van der Waals surface area contributed by atoms with Crippen LogP contribution in [-0.4, -0.2) is 9.52 Å². The second-order valence-electron chi connectivity index (χ2n) is 15.2. The molecule has 0 bridgehead atoms. The molecule has 0 amide bonds. The van der Waals surface area contributed by atoms with Crippen LogP contribution in [0.4, 0.5) is 52.7 Å². The normalized spacial score (nSPS) is 16.9. The minimum Gasteiger partial charge on any atom is -0.166 e. The van der Waals surface area contributed by atoms with Crippen LogP contribution in [0, 0.1) is 0 Å². The molecule has 2 radical (unpaired) electrons. The molecule has 0 aromatic heterocycles. The summed E-state index contributed by atoms with van der Waals surface area (Å²) in [7, 11) is 0.311. The van der Waals surface area contributed by atoms with Crippen molar-refractivity contribution in [3.63, 3.8) is 0 Å². The van der Waals surface area contributed by atoms with E-state index in [1.54, 1.807) is 26.0 Å². The molecule has 0 saturated heterocycles. The van der Waals surface area contributed by atoms with Crippen LogP contribution in [0.2, 0.25) is 12.1 Å². The summed E-state index contributed by atoms with van der Waals surface area (Å²) in [5.41, 5.74) is 1.04. The maximum Gasteiger partial charge on any atom is 0.416 e. The third-order valence-corrected chi connectivity index (χ3v) is 12.7. The van der Waals surface area contributed by atoms with E-state index in [0.29, 0.717) is 80.7 Å². The van der Waals surface area contributed by atoms with Gasteiger partial charge in [0, 0.05) is 21.4 Å². The molecular formula is C46H42F12Si. The molecule has 13 heteroatoms. The van der Waals surface area contributed by atoms with Crippen molar-refractivity contribution >= 4 is 21.7 Å². The van der Waals surface area contributed by atoms with Crippen LogP contribution in [0.25, 0.3) is 34.4 Å². The van der Waals surface area contributed by atoms with Crippen molar-refractivity contribution in [1.29, 1.82) is 0 Å². The highest BCUT2D eigenvalue weighted by atomic mass is 28.2. The zero-order valence-electron chi connectivity index (χ0n) is 32.8. The Morgan fingerprint density at radius 2 is 0.780 bits per heavy atom. The lowest BCUT2D eigenvalue weighted by atomic mass is 9.87. The van der Waals surface area contributed by atoms with E-state index in [2.05, 4.69) is 0 Å². The molecule has 2 aliphatic rings. The van der Waals surface area contributed by atoms with Crippen LogP contribution in [0.15, 0.2) is 71.8 Å². The van der Waals surface area contributed by atoms with Crippen LogP contribution in [-0.2, 0) is 37.5 Å². The Balaban J connectivity index is 1.38. The number of halogens is 12. The molecule has 0 nitrogen and oxygen atoms in total. The number of benzene rings is 4. The first-order valence-corrected chi connectivity index (χ1v) is 21.0. The minimum atomic E-state index is -5.00. The molecule has 0 spiro atoms. The van der Waals surface area contributed by atoms with Gasteiger partial charge in [0.15, 0.2) is 0 Å². The summed E-state index contributed by atoms with van der Waals surface area (Å²) in [6.07, 6.45) is -12.6. The number of allylic oxidation sites excluding steroid dienone is 2. The van der Waals surface area contributed by atoms with Gasteiger partial charge in [-0.3, -0.25) is 0 Å². The van der Waals surface area contributed by atoms with E-state index in [0.717, 1.165) is 59.4 Å². The zero-order chi connectivity index (χ0) is 43.2. The second-order valence-corrected chi connectivity index (χ2v) is 16.5. The molecule has 0 N–H and O–H groups in total. The van der Waals surface area contributed by atoms with Gasteiger partial charge in [-0.2, -0.15) is 52.7 Å². The van der Waals surface area contributed by atoms with Gasteiger partial charge in [-0.15, -0.1) is 0 Å². The lowest BCUT2D eigenvalue weighted by molar-refractivity contribution is -0.144. The monoisotopic (exact) mass is 850 g/mol. The van der Waals surface area contributed by atoms with Gasteiger partial charge < -0.3 is 0 Å². The zero-order valence-corrected chi connectivity index (χ0v) is 33.8. The highest BCUT2D eigenvalue weighted by Crippen LogP contribution is 2.51. The highest BCUT2D eigenvalue weighted by molar-refractivity contribution is 6.36. The van der Waals surface area contributed by atoms with Crippen LogP contribution < -0.4 is 0 Å². The first-order valence-electron chi connectivity index (χ1n) is 19.6. The van der Waals surface area contributed by atoms with E-state index < -0.39 is 47.0 Å². The fourth-order valence-electron chi connectivity index (χ4n) is 8.65. The molecule has 0 heterocycles. The van der Waals surface area contributed by atoms with Crippen LogP contribution >= 0.6 is 0 Å². The summed E-state index contributed by atoms with van der Waals surface area (Å²) in [5, 5.41) is 0. The average molecular weight is 851 g/mol. The van der Waals surface area contributed by atoms with Crippen molar-refractivity contribution in [3.05, 3.63) is 127 Å². The van der Waals surface area contributed by atoms with Crippen molar-refractivity contribution in [3.8, 4) is 22.3 Å². The summed E-state index contributed by atoms with van der Waals surface area (Å²) in [5.74, 6) is -0.298.